The van der Waals surface area contributed by atoms with Gasteiger partial charge in [-0.2, -0.15) is 0 Å². The summed E-state index contributed by atoms with van der Waals surface area (Å²) in [6.45, 7) is 3.44. The fraction of sp³-hybridized carbons (Fsp3) is 0.158. The van der Waals surface area contributed by atoms with Crippen LogP contribution in [0, 0.1) is 12.7 Å². The average Bonchev–Trinajstić information content (AvgIpc) is 2.92. The number of hydrogen-bond acceptors (Lipinski definition) is 5. The third-order valence-electron chi connectivity index (χ3n) is 3.80. The number of rotatable bonds is 4. The highest BCUT2D eigenvalue weighted by Crippen LogP contribution is 2.32. The van der Waals surface area contributed by atoms with E-state index in [0.717, 1.165) is 5.56 Å². The third kappa shape index (κ3) is 3.51. The van der Waals surface area contributed by atoms with E-state index in [4.69, 9.17) is 9.47 Å². The van der Waals surface area contributed by atoms with Gasteiger partial charge in [0, 0.05) is 23.5 Å². The Morgan fingerprint density at radius 1 is 1.31 bits per heavy atom. The monoisotopic (exact) mass is 356 g/mol. The molecule has 0 fully saturated rings. The van der Waals surface area contributed by atoms with Crippen molar-refractivity contribution in [2.45, 2.75) is 13.8 Å². The van der Waals surface area contributed by atoms with Gasteiger partial charge in [0.2, 0.25) is 0 Å². The van der Waals surface area contributed by atoms with E-state index < -0.39 is 12.0 Å². The largest absolute Gasteiger partial charge is 0.513 e. The Bertz CT molecular complexity index is 908. The highest BCUT2D eigenvalue weighted by molar-refractivity contribution is 6.31. The summed E-state index contributed by atoms with van der Waals surface area (Å²) in [5.74, 6) is -0.654. The molecule has 2 N–H and O–H groups in total. The van der Waals surface area contributed by atoms with Gasteiger partial charge in [0.1, 0.15) is 11.6 Å². The Morgan fingerprint density at radius 3 is 2.85 bits per heavy atom. The predicted molar refractivity (Wildman–Crippen MR) is 95.5 cm³/mol. The van der Waals surface area contributed by atoms with Gasteiger partial charge in [0.25, 0.3) is 5.91 Å². The molecule has 26 heavy (non-hydrogen) atoms. The number of para-hydroxylation sites is 1. The van der Waals surface area contributed by atoms with Crippen LogP contribution in [0.15, 0.2) is 42.6 Å². The second-order valence-corrected chi connectivity index (χ2v) is 5.58. The molecule has 0 bridgehead atoms. The predicted octanol–water partition coefficient (Wildman–Crippen LogP) is 4.07. The van der Waals surface area contributed by atoms with Gasteiger partial charge in [-0.25, -0.2) is 9.18 Å². The molecule has 6 nitrogen and oxygen atoms in total. The maximum Gasteiger partial charge on any atom is 0.513 e. The lowest BCUT2D eigenvalue weighted by atomic mass is 10.1. The van der Waals surface area contributed by atoms with E-state index in [2.05, 4.69) is 10.6 Å². The van der Waals surface area contributed by atoms with Gasteiger partial charge in [0.05, 0.1) is 17.9 Å². The van der Waals surface area contributed by atoms with Crippen molar-refractivity contribution in [3.63, 3.8) is 0 Å². The Kier molecular flexibility index (Phi) is 4.88. The Hall–Kier alpha value is -3.35. The minimum atomic E-state index is -0.865. The Morgan fingerprint density at radius 2 is 2.08 bits per heavy atom. The van der Waals surface area contributed by atoms with Crippen molar-refractivity contribution in [1.82, 2.24) is 0 Å². The van der Waals surface area contributed by atoms with E-state index in [1.807, 2.05) is 12.1 Å². The summed E-state index contributed by atoms with van der Waals surface area (Å²) >= 11 is 0. The van der Waals surface area contributed by atoms with E-state index in [-0.39, 0.29) is 24.0 Å². The molecule has 3 rings (SSSR count). The van der Waals surface area contributed by atoms with Gasteiger partial charge in [-0.05, 0) is 31.5 Å². The lowest BCUT2D eigenvalue weighted by Crippen LogP contribution is -2.11. The summed E-state index contributed by atoms with van der Waals surface area (Å²) in [5.41, 5.74) is 2.31. The standard InChI is InChI=1S/C19H17FN2O4/c1-3-25-19(24)26-17-9-16(14(20)8-11(17)2)21-10-13-12-6-4-5-7-15(12)22-18(13)23/h4-10,21H,3H2,1-2H3,(H,22,23). The summed E-state index contributed by atoms with van der Waals surface area (Å²) in [7, 11) is 0. The molecule has 1 amide bonds. The average molecular weight is 356 g/mol. The van der Waals surface area contributed by atoms with E-state index in [1.165, 1.54) is 18.3 Å². The fourth-order valence-corrected chi connectivity index (χ4v) is 2.54. The molecule has 0 aliphatic carbocycles. The van der Waals surface area contributed by atoms with Crippen LogP contribution in [0.2, 0.25) is 0 Å². The van der Waals surface area contributed by atoms with E-state index in [9.17, 15) is 14.0 Å². The molecule has 0 spiro atoms. The number of ether oxygens (including phenoxy) is 2. The number of hydrogen-bond donors (Lipinski definition) is 2. The minimum Gasteiger partial charge on any atom is -0.434 e. The van der Waals surface area contributed by atoms with Gasteiger partial charge in [-0.3, -0.25) is 4.79 Å². The van der Waals surface area contributed by atoms with Crippen LogP contribution in [0.5, 0.6) is 5.75 Å². The molecule has 0 aromatic heterocycles. The van der Waals surface area contributed by atoms with Crippen LogP contribution in [0.25, 0.3) is 5.57 Å². The van der Waals surface area contributed by atoms with Gasteiger partial charge in [-0.15, -0.1) is 0 Å². The molecule has 7 heteroatoms. The zero-order valence-electron chi connectivity index (χ0n) is 14.3. The molecule has 0 saturated carbocycles. The number of fused-ring (bicyclic) bond motifs is 1. The highest BCUT2D eigenvalue weighted by Gasteiger charge is 2.23. The molecule has 2 aromatic rings. The first kappa shape index (κ1) is 17.5. The van der Waals surface area contributed by atoms with Gasteiger partial charge in [0.15, 0.2) is 0 Å². The molecule has 1 aliphatic heterocycles. The number of halogens is 1. The number of carbonyl (C=O) groups excluding carboxylic acids is 2. The first-order chi connectivity index (χ1) is 12.5. The Labute approximate surface area is 149 Å². The number of nitrogens with one attached hydrogen (secondary N) is 2. The summed E-state index contributed by atoms with van der Waals surface area (Å²) in [6, 6.07) is 9.78. The minimum absolute atomic E-state index is 0.0691. The Balaban J connectivity index is 1.86. The van der Waals surface area contributed by atoms with E-state index >= 15 is 0 Å². The van der Waals surface area contributed by atoms with Crippen LogP contribution in [0.3, 0.4) is 0 Å². The number of benzene rings is 2. The zero-order valence-corrected chi connectivity index (χ0v) is 14.3. The fourth-order valence-electron chi connectivity index (χ4n) is 2.54. The van der Waals surface area contributed by atoms with Crippen molar-refractivity contribution in [2.24, 2.45) is 0 Å². The van der Waals surface area contributed by atoms with Crippen molar-refractivity contribution in [2.75, 3.05) is 17.2 Å². The normalized spacial score (nSPS) is 14.0. The second-order valence-electron chi connectivity index (χ2n) is 5.58. The van der Waals surface area contributed by atoms with E-state index in [0.29, 0.717) is 16.8 Å². The molecule has 0 saturated heterocycles. The number of amides is 1. The van der Waals surface area contributed by atoms with Crippen LogP contribution in [-0.4, -0.2) is 18.7 Å². The van der Waals surface area contributed by atoms with Gasteiger partial charge >= 0.3 is 6.16 Å². The van der Waals surface area contributed by atoms with Crippen LogP contribution in [-0.2, 0) is 9.53 Å². The molecular formula is C19H17FN2O4. The van der Waals surface area contributed by atoms with Crippen molar-refractivity contribution < 1.29 is 23.5 Å². The highest BCUT2D eigenvalue weighted by atomic mass is 19.1. The smallest absolute Gasteiger partial charge is 0.434 e. The van der Waals surface area contributed by atoms with E-state index in [1.54, 1.807) is 26.0 Å². The summed E-state index contributed by atoms with van der Waals surface area (Å²) in [4.78, 5) is 23.6. The summed E-state index contributed by atoms with van der Waals surface area (Å²) < 4.78 is 24.0. The second kappa shape index (κ2) is 7.26. The van der Waals surface area contributed by atoms with Crippen molar-refractivity contribution in [1.29, 1.82) is 0 Å². The SMILES string of the molecule is CCOC(=O)Oc1cc(NC=C2C(=O)Nc3ccccc32)c(F)cc1C. The molecule has 134 valence electrons. The number of aryl methyl sites for hydroxylation is 1. The topological polar surface area (TPSA) is 76.7 Å². The van der Waals surface area contributed by atoms with Gasteiger partial charge < -0.3 is 20.1 Å². The molecule has 1 aliphatic rings. The first-order valence-corrected chi connectivity index (χ1v) is 8.01. The lowest BCUT2D eigenvalue weighted by molar-refractivity contribution is -0.110. The van der Waals surface area contributed by atoms with Crippen molar-refractivity contribution in [3.8, 4) is 5.75 Å². The van der Waals surface area contributed by atoms with Gasteiger partial charge in [-0.1, -0.05) is 18.2 Å². The molecular weight excluding hydrogens is 339 g/mol. The lowest BCUT2D eigenvalue weighted by Gasteiger charge is -2.11. The van der Waals surface area contributed by atoms with Crippen molar-refractivity contribution >= 4 is 29.0 Å². The van der Waals surface area contributed by atoms with Crippen LogP contribution >= 0.6 is 0 Å². The quantitative estimate of drug-likeness (QED) is 0.490. The number of anilines is 2. The van der Waals surface area contributed by atoms with Crippen LogP contribution in [0.1, 0.15) is 18.1 Å². The zero-order chi connectivity index (χ0) is 18.7. The molecule has 1 heterocycles. The summed E-state index contributed by atoms with van der Waals surface area (Å²) in [5, 5.41) is 5.50. The molecule has 0 radical (unpaired) electrons. The van der Waals surface area contributed by atoms with Crippen LogP contribution < -0.4 is 15.4 Å². The summed E-state index contributed by atoms with van der Waals surface area (Å²) in [6.07, 6.45) is 0.555. The molecule has 0 unspecified atom stereocenters. The third-order valence-corrected chi connectivity index (χ3v) is 3.80. The maximum absolute atomic E-state index is 14.2. The molecule has 2 aromatic carbocycles. The maximum atomic E-state index is 14.2. The van der Waals surface area contributed by atoms with Crippen molar-refractivity contribution in [3.05, 3.63) is 59.5 Å². The molecule has 0 atom stereocenters. The number of carbonyl (C=O) groups is 2. The first-order valence-electron chi connectivity index (χ1n) is 8.01. The van der Waals surface area contributed by atoms with Crippen LogP contribution in [0.4, 0.5) is 20.6 Å².